The molecular formula is C8H13N3O4. The van der Waals surface area contributed by atoms with Crippen molar-refractivity contribution in [1.82, 2.24) is 5.43 Å². The second-order valence-corrected chi connectivity index (χ2v) is 2.63. The highest BCUT2D eigenvalue weighted by Crippen LogP contribution is 2.17. The van der Waals surface area contributed by atoms with Crippen LogP contribution in [0.1, 0.15) is 0 Å². The lowest BCUT2D eigenvalue weighted by Gasteiger charge is -2.22. The molecule has 0 saturated heterocycles. The Morgan fingerprint density at radius 1 is 1.27 bits per heavy atom. The molecule has 3 N–H and O–H groups in total. The number of benzene rings is 1. The number of hydrogen-bond donors (Lipinski definition) is 3. The van der Waals surface area contributed by atoms with Crippen molar-refractivity contribution in [1.29, 1.82) is 0 Å². The van der Waals surface area contributed by atoms with Gasteiger partial charge in [-0.05, 0) is 6.07 Å². The SMILES string of the molecule is CN[NH+]([O-])Oc1ccccc1[NH+]([O-])OC. The lowest BCUT2D eigenvalue weighted by Crippen LogP contribution is -3.15. The van der Waals surface area contributed by atoms with E-state index in [0.717, 1.165) is 0 Å². The van der Waals surface area contributed by atoms with Gasteiger partial charge in [-0.15, -0.1) is 10.8 Å². The van der Waals surface area contributed by atoms with E-state index in [1.54, 1.807) is 12.1 Å². The minimum atomic E-state index is -0.633. The number of nitrogens with one attached hydrogen (secondary N) is 3. The molecule has 1 aromatic carbocycles. The van der Waals surface area contributed by atoms with Crippen LogP contribution in [0, 0.1) is 10.4 Å². The highest BCUT2D eigenvalue weighted by atomic mass is 16.9. The average molecular weight is 215 g/mol. The van der Waals surface area contributed by atoms with Crippen LogP contribution in [0.25, 0.3) is 0 Å². The predicted molar refractivity (Wildman–Crippen MR) is 51.5 cm³/mol. The molecule has 0 aromatic heterocycles. The zero-order valence-corrected chi connectivity index (χ0v) is 8.44. The van der Waals surface area contributed by atoms with Crippen molar-refractivity contribution in [2.75, 3.05) is 14.2 Å². The van der Waals surface area contributed by atoms with Gasteiger partial charge in [0.1, 0.15) is 0 Å². The molecule has 84 valence electrons. The molecule has 0 heterocycles. The zero-order valence-electron chi connectivity index (χ0n) is 8.44. The average Bonchev–Trinajstić information content (AvgIpc) is 2.28. The zero-order chi connectivity index (χ0) is 11.3. The summed E-state index contributed by atoms with van der Waals surface area (Å²) in [5, 5.41) is 21.0. The van der Waals surface area contributed by atoms with Gasteiger partial charge in [0.2, 0.25) is 5.69 Å². The Labute approximate surface area is 86.8 Å². The van der Waals surface area contributed by atoms with Gasteiger partial charge in [0, 0.05) is 13.1 Å². The number of hydrogen-bond acceptors (Lipinski definition) is 5. The monoisotopic (exact) mass is 215 g/mol. The molecular weight excluding hydrogens is 202 g/mol. The van der Waals surface area contributed by atoms with Gasteiger partial charge >= 0.3 is 0 Å². The number of quaternary nitrogens is 2. The maximum Gasteiger partial charge on any atom is 0.257 e. The van der Waals surface area contributed by atoms with E-state index in [4.69, 9.17) is 4.84 Å². The largest absolute Gasteiger partial charge is 0.595 e. The van der Waals surface area contributed by atoms with Crippen LogP contribution in [0.15, 0.2) is 24.3 Å². The van der Waals surface area contributed by atoms with E-state index in [9.17, 15) is 10.4 Å². The lowest BCUT2D eigenvalue weighted by atomic mass is 10.3. The first kappa shape index (κ1) is 11.9. The molecule has 1 aromatic rings. The van der Waals surface area contributed by atoms with E-state index < -0.39 is 10.6 Å². The minimum absolute atomic E-state index is 0.170. The normalized spacial score (nSPS) is 14.7. The van der Waals surface area contributed by atoms with Crippen LogP contribution in [0.2, 0.25) is 0 Å². The topological polar surface area (TPSA) is 85.5 Å². The molecule has 0 saturated carbocycles. The Morgan fingerprint density at radius 2 is 1.93 bits per heavy atom. The van der Waals surface area contributed by atoms with E-state index >= 15 is 0 Å². The van der Waals surface area contributed by atoms with E-state index in [0.29, 0.717) is 0 Å². The molecule has 2 atom stereocenters. The maximum absolute atomic E-state index is 11.3. The Hall–Kier alpha value is -1.22. The summed E-state index contributed by atoms with van der Waals surface area (Å²) in [4.78, 5) is 9.41. The maximum atomic E-state index is 11.3. The van der Waals surface area contributed by atoms with Gasteiger partial charge < -0.3 is 10.4 Å². The molecule has 1 rings (SSSR count). The van der Waals surface area contributed by atoms with Crippen LogP contribution in [0.5, 0.6) is 5.75 Å². The van der Waals surface area contributed by atoms with Gasteiger partial charge in [-0.25, -0.2) is 4.84 Å². The van der Waals surface area contributed by atoms with Crippen molar-refractivity contribution in [2.24, 2.45) is 0 Å². The third kappa shape index (κ3) is 3.13. The third-order valence-electron chi connectivity index (χ3n) is 1.70. The fourth-order valence-electron chi connectivity index (χ4n) is 0.985. The molecule has 0 spiro atoms. The lowest BCUT2D eigenvalue weighted by molar-refractivity contribution is -1.06. The van der Waals surface area contributed by atoms with Crippen LogP contribution < -0.4 is 20.8 Å². The molecule has 0 fully saturated rings. The fraction of sp³-hybridized carbons (Fsp3) is 0.250. The molecule has 0 aliphatic carbocycles. The van der Waals surface area contributed by atoms with Gasteiger partial charge in [0.15, 0.2) is 0 Å². The van der Waals surface area contributed by atoms with Crippen LogP contribution >= 0.6 is 0 Å². The van der Waals surface area contributed by atoms with Crippen LogP contribution in [0.3, 0.4) is 0 Å². The molecule has 2 unspecified atom stereocenters. The van der Waals surface area contributed by atoms with Crippen molar-refractivity contribution < 1.29 is 20.2 Å². The van der Waals surface area contributed by atoms with Crippen molar-refractivity contribution in [2.45, 2.75) is 0 Å². The van der Waals surface area contributed by atoms with Crippen LogP contribution in [0.4, 0.5) is 5.69 Å². The first-order valence-corrected chi connectivity index (χ1v) is 4.26. The standard InChI is InChI=1S/C8H13N3O4/c1-9-11(13)15-8-6-4-3-5-7(8)10(12)14-2/h3-6,9-11H,1-2H3. The number of para-hydroxylation sites is 1. The summed E-state index contributed by atoms with van der Waals surface area (Å²) in [7, 11) is 2.70. The molecule has 7 heteroatoms. The van der Waals surface area contributed by atoms with Crippen molar-refractivity contribution in [3.8, 4) is 5.75 Å². The van der Waals surface area contributed by atoms with Crippen LogP contribution in [-0.4, -0.2) is 14.2 Å². The quantitative estimate of drug-likeness (QED) is 0.498. The van der Waals surface area contributed by atoms with E-state index in [1.807, 2.05) is 0 Å². The Bertz CT molecular complexity index is 310. The molecule has 7 nitrogen and oxygen atoms in total. The molecule has 0 aliphatic rings. The summed E-state index contributed by atoms with van der Waals surface area (Å²) in [6.07, 6.45) is 0. The van der Waals surface area contributed by atoms with Crippen LogP contribution in [-0.2, 0) is 4.84 Å². The Morgan fingerprint density at radius 3 is 2.53 bits per heavy atom. The van der Waals surface area contributed by atoms with Crippen molar-refractivity contribution in [3.63, 3.8) is 0 Å². The summed E-state index contributed by atoms with van der Waals surface area (Å²) < 4.78 is 0. The number of rotatable bonds is 5. The van der Waals surface area contributed by atoms with E-state index in [2.05, 4.69) is 10.3 Å². The summed E-state index contributed by atoms with van der Waals surface area (Å²) in [6.45, 7) is 0. The molecule has 15 heavy (non-hydrogen) atoms. The molecule has 0 bridgehead atoms. The Balaban J connectivity index is 2.86. The van der Waals surface area contributed by atoms with Gasteiger partial charge in [-0.3, -0.25) is 4.84 Å². The predicted octanol–water partition coefficient (Wildman–Crippen LogP) is -1.93. The van der Waals surface area contributed by atoms with Gasteiger partial charge in [-0.1, -0.05) is 12.1 Å². The summed E-state index contributed by atoms with van der Waals surface area (Å²) in [5.41, 5.74) is 2.50. The molecule has 0 radical (unpaired) electrons. The highest BCUT2D eigenvalue weighted by molar-refractivity contribution is 5.44. The smallest absolute Gasteiger partial charge is 0.257 e. The van der Waals surface area contributed by atoms with Gasteiger partial charge in [0.05, 0.1) is 7.11 Å². The summed E-state index contributed by atoms with van der Waals surface area (Å²) in [5.74, 6) is 0.170. The van der Waals surface area contributed by atoms with E-state index in [-0.39, 0.29) is 11.4 Å². The first-order valence-electron chi connectivity index (χ1n) is 4.26. The first-order chi connectivity index (χ1) is 7.19. The second-order valence-electron chi connectivity index (χ2n) is 2.63. The molecule has 0 amide bonds. The summed E-state index contributed by atoms with van der Waals surface area (Å²) >= 11 is 0. The Kier molecular flexibility index (Phi) is 4.43. The highest BCUT2D eigenvalue weighted by Gasteiger charge is 2.13. The fourth-order valence-corrected chi connectivity index (χ4v) is 0.985. The van der Waals surface area contributed by atoms with E-state index in [1.165, 1.54) is 26.3 Å². The van der Waals surface area contributed by atoms with Gasteiger partial charge in [0.25, 0.3) is 5.75 Å². The molecule has 0 aliphatic heterocycles. The van der Waals surface area contributed by atoms with Crippen molar-refractivity contribution in [3.05, 3.63) is 34.7 Å². The second kappa shape index (κ2) is 5.61. The van der Waals surface area contributed by atoms with Crippen molar-refractivity contribution >= 4 is 5.69 Å². The summed E-state index contributed by atoms with van der Waals surface area (Å²) in [6, 6.07) is 6.35. The van der Waals surface area contributed by atoms with Gasteiger partial charge in [-0.2, -0.15) is 5.23 Å². The third-order valence-corrected chi connectivity index (χ3v) is 1.70. The minimum Gasteiger partial charge on any atom is -0.595 e.